The molecule has 2 fully saturated rings. The Hall–Kier alpha value is -0.120. The maximum atomic E-state index is 5.68. The fraction of sp³-hybridized carbons (Fsp3) is 1.00. The van der Waals surface area contributed by atoms with Gasteiger partial charge in [-0.2, -0.15) is 0 Å². The topological polar surface area (TPSA) is 33.3 Å². The van der Waals surface area contributed by atoms with Crippen molar-refractivity contribution in [3.63, 3.8) is 0 Å². The van der Waals surface area contributed by atoms with Gasteiger partial charge in [0.15, 0.2) is 0 Å². The minimum Gasteiger partial charge on any atom is -0.374 e. The molecule has 1 heterocycles. The highest BCUT2D eigenvalue weighted by atomic mass is 16.5. The molecule has 94 valence electrons. The lowest BCUT2D eigenvalue weighted by Crippen LogP contribution is -2.45. The Kier molecular flexibility index (Phi) is 4.62. The SMILES string of the molecule is CCC1(CNCC2CNCCO2)CCCC1. The molecular formula is C13H26N2O. The molecule has 1 atom stereocenters. The highest BCUT2D eigenvalue weighted by molar-refractivity contribution is 4.86. The molecule has 2 N–H and O–H groups in total. The molecule has 1 saturated heterocycles. The number of morpholine rings is 1. The van der Waals surface area contributed by atoms with E-state index in [1.54, 1.807) is 0 Å². The zero-order chi connectivity index (χ0) is 11.3. The summed E-state index contributed by atoms with van der Waals surface area (Å²) in [7, 11) is 0. The third-order valence-electron chi connectivity index (χ3n) is 4.29. The van der Waals surface area contributed by atoms with Crippen LogP contribution < -0.4 is 10.6 Å². The quantitative estimate of drug-likeness (QED) is 0.746. The second kappa shape index (κ2) is 5.99. The predicted molar refractivity (Wildman–Crippen MR) is 66.7 cm³/mol. The number of hydrogen-bond acceptors (Lipinski definition) is 3. The van der Waals surface area contributed by atoms with Gasteiger partial charge >= 0.3 is 0 Å². The van der Waals surface area contributed by atoms with Crippen LogP contribution in [-0.4, -0.2) is 38.9 Å². The summed E-state index contributed by atoms with van der Waals surface area (Å²) in [6, 6.07) is 0. The summed E-state index contributed by atoms with van der Waals surface area (Å²) in [6.45, 7) is 7.41. The van der Waals surface area contributed by atoms with E-state index in [1.165, 1.54) is 38.6 Å². The predicted octanol–water partition coefficient (Wildman–Crippen LogP) is 1.53. The van der Waals surface area contributed by atoms with Gasteiger partial charge in [0.2, 0.25) is 0 Å². The van der Waals surface area contributed by atoms with E-state index in [4.69, 9.17) is 4.74 Å². The monoisotopic (exact) mass is 226 g/mol. The lowest BCUT2D eigenvalue weighted by Gasteiger charge is -2.30. The summed E-state index contributed by atoms with van der Waals surface area (Å²) in [5.74, 6) is 0. The highest BCUT2D eigenvalue weighted by Crippen LogP contribution is 2.40. The molecule has 0 radical (unpaired) electrons. The molecule has 1 unspecified atom stereocenters. The van der Waals surface area contributed by atoms with E-state index in [-0.39, 0.29) is 0 Å². The second-order valence-electron chi connectivity index (χ2n) is 5.39. The second-order valence-corrected chi connectivity index (χ2v) is 5.39. The van der Waals surface area contributed by atoms with Gasteiger partial charge in [0.25, 0.3) is 0 Å². The number of ether oxygens (including phenoxy) is 1. The molecule has 3 nitrogen and oxygen atoms in total. The first-order valence-electron chi connectivity index (χ1n) is 6.88. The molecule has 2 rings (SSSR count). The maximum absolute atomic E-state index is 5.68. The van der Waals surface area contributed by atoms with Gasteiger partial charge in [-0.15, -0.1) is 0 Å². The molecule has 0 bridgehead atoms. The summed E-state index contributed by atoms with van der Waals surface area (Å²) in [5.41, 5.74) is 0.599. The van der Waals surface area contributed by atoms with Crippen molar-refractivity contribution in [2.75, 3.05) is 32.8 Å². The molecule has 1 saturated carbocycles. The molecule has 0 aromatic carbocycles. The Morgan fingerprint density at radius 1 is 1.38 bits per heavy atom. The summed E-state index contributed by atoms with van der Waals surface area (Å²) < 4.78 is 5.68. The largest absolute Gasteiger partial charge is 0.374 e. The summed E-state index contributed by atoms with van der Waals surface area (Å²) >= 11 is 0. The third-order valence-corrected chi connectivity index (χ3v) is 4.29. The van der Waals surface area contributed by atoms with Crippen molar-refractivity contribution < 1.29 is 4.74 Å². The van der Waals surface area contributed by atoms with E-state index < -0.39 is 0 Å². The minimum atomic E-state index is 0.379. The van der Waals surface area contributed by atoms with Crippen molar-refractivity contribution >= 4 is 0 Å². The minimum absolute atomic E-state index is 0.379. The van der Waals surface area contributed by atoms with E-state index >= 15 is 0 Å². The van der Waals surface area contributed by atoms with Crippen LogP contribution in [-0.2, 0) is 4.74 Å². The van der Waals surface area contributed by atoms with Crippen molar-refractivity contribution in [3.8, 4) is 0 Å². The molecule has 0 spiro atoms. The van der Waals surface area contributed by atoms with Gasteiger partial charge in [0.05, 0.1) is 12.7 Å². The number of hydrogen-bond donors (Lipinski definition) is 2. The lowest BCUT2D eigenvalue weighted by molar-refractivity contribution is 0.0274. The van der Waals surface area contributed by atoms with Gasteiger partial charge in [0, 0.05) is 26.2 Å². The average molecular weight is 226 g/mol. The van der Waals surface area contributed by atoms with Gasteiger partial charge in [-0.3, -0.25) is 0 Å². The zero-order valence-electron chi connectivity index (χ0n) is 10.6. The highest BCUT2D eigenvalue weighted by Gasteiger charge is 2.31. The van der Waals surface area contributed by atoms with Crippen LogP contribution in [0.3, 0.4) is 0 Å². The van der Waals surface area contributed by atoms with Gasteiger partial charge < -0.3 is 15.4 Å². The van der Waals surface area contributed by atoms with Crippen molar-refractivity contribution in [3.05, 3.63) is 0 Å². The van der Waals surface area contributed by atoms with Crippen LogP contribution >= 0.6 is 0 Å². The number of nitrogens with one attached hydrogen (secondary N) is 2. The normalized spacial score (nSPS) is 29.4. The number of rotatable bonds is 5. The Labute approximate surface area is 99.3 Å². The van der Waals surface area contributed by atoms with Crippen molar-refractivity contribution in [2.24, 2.45) is 5.41 Å². The molecule has 0 amide bonds. The van der Waals surface area contributed by atoms with E-state index in [2.05, 4.69) is 17.6 Å². The van der Waals surface area contributed by atoms with E-state index in [9.17, 15) is 0 Å². The lowest BCUT2D eigenvalue weighted by atomic mass is 9.83. The fourth-order valence-corrected chi connectivity index (χ4v) is 3.03. The van der Waals surface area contributed by atoms with Crippen LogP contribution in [0.2, 0.25) is 0 Å². The molecule has 0 aromatic rings. The van der Waals surface area contributed by atoms with Crippen molar-refractivity contribution in [1.29, 1.82) is 0 Å². The van der Waals surface area contributed by atoms with E-state index in [0.717, 1.165) is 26.2 Å². The molecule has 16 heavy (non-hydrogen) atoms. The Balaban J connectivity index is 1.66. The van der Waals surface area contributed by atoms with Gasteiger partial charge in [0.1, 0.15) is 0 Å². The van der Waals surface area contributed by atoms with Crippen LogP contribution in [0.5, 0.6) is 0 Å². The first-order chi connectivity index (χ1) is 7.85. The first-order valence-corrected chi connectivity index (χ1v) is 6.88. The van der Waals surface area contributed by atoms with Crippen LogP contribution in [0, 0.1) is 5.41 Å². The molecule has 3 heteroatoms. The van der Waals surface area contributed by atoms with E-state index in [1.807, 2.05) is 0 Å². The Bertz CT molecular complexity index is 196. The Morgan fingerprint density at radius 2 is 2.19 bits per heavy atom. The molecular weight excluding hydrogens is 200 g/mol. The first kappa shape index (κ1) is 12.3. The Morgan fingerprint density at radius 3 is 2.81 bits per heavy atom. The van der Waals surface area contributed by atoms with Crippen molar-refractivity contribution in [2.45, 2.75) is 45.1 Å². The maximum Gasteiger partial charge on any atom is 0.0824 e. The fourth-order valence-electron chi connectivity index (χ4n) is 3.03. The van der Waals surface area contributed by atoms with Crippen LogP contribution in [0.25, 0.3) is 0 Å². The summed E-state index contributed by atoms with van der Waals surface area (Å²) in [4.78, 5) is 0. The van der Waals surface area contributed by atoms with Crippen LogP contribution in [0.1, 0.15) is 39.0 Å². The van der Waals surface area contributed by atoms with Crippen LogP contribution in [0.4, 0.5) is 0 Å². The van der Waals surface area contributed by atoms with Crippen molar-refractivity contribution in [1.82, 2.24) is 10.6 Å². The molecule has 2 aliphatic rings. The summed E-state index contributed by atoms with van der Waals surface area (Å²) in [6.07, 6.45) is 7.39. The van der Waals surface area contributed by atoms with Gasteiger partial charge in [-0.1, -0.05) is 19.8 Å². The average Bonchev–Trinajstić information content (AvgIpc) is 2.80. The van der Waals surface area contributed by atoms with Crippen LogP contribution in [0.15, 0.2) is 0 Å². The van der Waals surface area contributed by atoms with E-state index in [0.29, 0.717) is 11.5 Å². The van der Waals surface area contributed by atoms with Gasteiger partial charge in [-0.25, -0.2) is 0 Å². The molecule has 1 aliphatic heterocycles. The molecule has 0 aromatic heterocycles. The standard InChI is InChI=1S/C13H26N2O/c1-2-13(5-3-4-6-13)11-15-10-12-9-14-7-8-16-12/h12,14-15H,2-11H2,1H3. The summed E-state index contributed by atoms with van der Waals surface area (Å²) in [5, 5.41) is 7.00. The zero-order valence-corrected chi connectivity index (χ0v) is 10.6. The van der Waals surface area contributed by atoms with Gasteiger partial charge in [-0.05, 0) is 24.7 Å². The smallest absolute Gasteiger partial charge is 0.0824 e. The third kappa shape index (κ3) is 3.19. The molecule has 1 aliphatic carbocycles.